The van der Waals surface area contributed by atoms with Crippen LogP contribution >= 0.6 is 0 Å². The van der Waals surface area contributed by atoms with Crippen molar-refractivity contribution in [2.45, 2.75) is 116 Å². The molecule has 0 aliphatic carbocycles. The average Bonchev–Trinajstić information content (AvgIpc) is 2.95. The third-order valence-corrected chi connectivity index (χ3v) is 7.47. The molecular weight excluding hydrogens is 477 g/mol. The number of unbranched alkanes of at least 4 members (excludes halogenated alkanes) is 12. The molecule has 0 spiro atoms. The van der Waals surface area contributed by atoms with Gasteiger partial charge >= 0.3 is 0 Å². The van der Waals surface area contributed by atoms with Crippen molar-refractivity contribution in [2.24, 2.45) is 5.92 Å². The van der Waals surface area contributed by atoms with Gasteiger partial charge < -0.3 is 14.2 Å². The van der Waals surface area contributed by atoms with Gasteiger partial charge in [-0.05, 0) is 37.1 Å². The molecule has 5 heteroatoms. The van der Waals surface area contributed by atoms with Crippen molar-refractivity contribution >= 4 is 0 Å². The third-order valence-electron chi connectivity index (χ3n) is 7.47. The fourth-order valence-corrected chi connectivity index (χ4v) is 5.03. The first kappa shape index (κ1) is 30.6. The maximum atomic E-state index is 14.7. The van der Waals surface area contributed by atoms with Gasteiger partial charge in [0.15, 0.2) is 17.9 Å². The largest absolute Gasteiger partial charge is 0.491 e. The van der Waals surface area contributed by atoms with E-state index < -0.39 is 0 Å². The minimum Gasteiger partial charge on any atom is -0.491 e. The minimum absolute atomic E-state index is 0.313. The molecule has 212 valence electrons. The number of hydrogen-bond donors (Lipinski definition) is 0. The topological polar surface area (TPSA) is 40.6 Å². The highest BCUT2D eigenvalue weighted by molar-refractivity contribution is 5.60. The van der Waals surface area contributed by atoms with E-state index in [1.165, 1.54) is 89.5 Å². The van der Waals surface area contributed by atoms with Gasteiger partial charge in [0.1, 0.15) is 0 Å². The van der Waals surface area contributed by atoms with Gasteiger partial charge in [0, 0.05) is 23.2 Å². The highest BCUT2D eigenvalue weighted by atomic mass is 19.1. The van der Waals surface area contributed by atoms with Crippen molar-refractivity contribution < 1.29 is 18.6 Å². The minimum atomic E-state index is -0.374. The number of benzene rings is 1. The van der Waals surface area contributed by atoms with E-state index in [0.717, 1.165) is 42.9 Å². The summed E-state index contributed by atoms with van der Waals surface area (Å²) in [5.41, 5.74) is 2.36. The molecule has 1 fully saturated rings. The average molecular weight is 528 g/mol. The Labute approximate surface area is 230 Å². The first-order chi connectivity index (χ1) is 18.7. The highest BCUT2D eigenvalue weighted by Gasteiger charge is 2.23. The Kier molecular flexibility index (Phi) is 14.7. The number of nitrogens with zero attached hydrogens (tertiary/aromatic N) is 1. The molecule has 1 saturated heterocycles. The molecule has 0 N–H and O–H groups in total. The lowest BCUT2D eigenvalue weighted by Gasteiger charge is -2.29. The maximum absolute atomic E-state index is 14.7. The molecule has 1 aromatic heterocycles. The Hall–Kier alpha value is -1.98. The van der Waals surface area contributed by atoms with Crippen LogP contribution in [-0.4, -0.2) is 24.8 Å². The van der Waals surface area contributed by atoms with Gasteiger partial charge in [-0.1, -0.05) is 103 Å². The molecule has 1 aliphatic rings. The van der Waals surface area contributed by atoms with Crippen molar-refractivity contribution in [2.75, 3.05) is 19.8 Å². The Balaban J connectivity index is 1.36. The van der Waals surface area contributed by atoms with Crippen molar-refractivity contribution in [3.8, 4) is 17.0 Å². The Morgan fingerprint density at radius 2 is 1.42 bits per heavy atom. The molecule has 0 unspecified atom stereocenters. The van der Waals surface area contributed by atoms with E-state index in [9.17, 15) is 4.39 Å². The summed E-state index contributed by atoms with van der Waals surface area (Å²) in [6, 6.07) is 8.95. The van der Waals surface area contributed by atoms with Crippen molar-refractivity contribution in [3.05, 3.63) is 47.9 Å². The molecule has 0 atom stereocenters. The molecular formula is C33H50FNO3. The van der Waals surface area contributed by atoms with E-state index in [2.05, 4.69) is 18.8 Å². The van der Waals surface area contributed by atoms with Gasteiger partial charge in [0.2, 0.25) is 0 Å². The third kappa shape index (κ3) is 11.0. The van der Waals surface area contributed by atoms with Gasteiger partial charge in [0.05, 0.1) is 25.5 Å². The first-order valence-electron chi connectivity index (χ1n) is 15.3. The molecule has 4 nitrogen and oxygen atoms in total. The number of hydrogen-bond acceptors (Lipinski definition) is 4. The summed E-state index contributed by atoms with van der Waals surface area (Å²) >= 11 is 0. The quantitative estimate of drug-likeness (QED) is 0.170. The molecule has 2 aromatic rings. The molecule has 0 amide bonds. The number of pyridine rings is 1. The van der Waals surface area contributed by atoms with E-state index in [0.29, 0.717) is 18.3 Å². The molecule has 0 saturated carbocycles. The Morgan fingerprint density at radius 1 is 0.789 bits per heavy atom. The van der Waals surface area contributed by atoms with E-state index in [4.69, 9.17) is 14.2 Å². The molecule has 2 heterocycles. The molecule has 0 bridgehead atoms. The smallest absolute Gasteiger partial charge is 0.185 e. The lowest BCUT2D eigenvalue weighted by atomic mass is 10.0. The zero-order valence-electron chi connectivity index (χ0n) is 23.9. The Morgan fingerprint density at radius 3 is 2.03 bits per heavy atom. The predicted octanol–water partition coefficient (Wildman–Crippen LogP) is 9.82. The van der Waals surface area contributed by atoms with E-state index >= 15 is 0 Å². The molecule has 38 heavy (non-hydrogen) atoms. The normalized spacial score (nSPS) is 17.6. The molecule has 3 rings (SSSR count). The van der Waals surface area contributed by atoms with Gasteiger partial charge in [0.25, 0.3) is 0 Å². The lowest BCUT2D eigenvalue weighted by Crippen LogP contribution is -2.27. The number of aromatic nitrogens is 1. The first-order valence-corrected chi connectivity index (χ1v) is 15.3. The number of ether oxygens (including phenoxy) is 3. The molecule has 1 aromatic carbocycles. The summed E-state index contributed by atoms with van der Waals surface area (Å²) in [5, 5.41) is 0. The van der Waals surface area contributed by atoms with Gasteiger partial charge in [-0.25, -0.2) is 4.39 Å². The van der Waals surface area contributed by atoms with Crippen LogP contribution in [0.1, 0.15) is 122 Å². The monoisotopic (exact) mass is 527 g/mol. The van der Waals surface area contributed by atoms with Crippen LogP contribution < -0.4 is 4.74 Å². The van der Waals surface area contributed by atoms with Gasteiger partial charge in [-0.15, -0.1) is 0 Å². The zero-order chi connectivity index (χ0) is 26.8. The summed E-state index contributed by atoms with van der Waals surface area (Å²) in [7, 11) is 0. The predicted molar refractivity (Wildman–Crippen MR) is 154 cm³/mol. The summed E-state index contributed by atoms with van der Waals surface area (Å²) in [6.07, 6.45) is 20.3. The second-order valence-corrected chi connectivity index (χ2v) is 10.9. The number of halogens is 1. The summed E-state index contributed by atoms with van der Waals surface area (Å²) in [6.45, 7) is 6.50. The van der Waals surface area contributed by atoms with Crippen LogP contribution in [0.4, 0.5) is 4.39 Å². The second kappa shape index (κ2) is 18.3. The zero-order valence-corrected chi connectivity index (χ0v) is 23.9. The highest BCUT2D eigenvalue weighted by Crippen LogP contribution is 2.29. The summed E-state index contributed by atoms with van der Waals surface area (Å²) in [4.78, 5) is 4.55. The fraction of sp³-hybridized carbons (Fsp3) is 0.667. The SMILES string of the molecule is CCCCCCCCCCOc1ccc(-c2ccc([C@H]3OC[C@H](CCCCCCCC)CO3)cn2)cc1F. The Bertz CT molecular complexity index is 880. The van der Waals surface area contributed by atoms with E-state index in [1.54, 1.807) is 12.3 Å². The van der Waals surface area contributed by atoms with Crippen molar-refractivity contribution in [3.63, 3.8) is 0 Å². The van der Waals surface area contributed by atoms with Crippen molar-refractivity contribution in [1.82, 2.24) is 4.98 Å². The molecule has 0 radical (unpaired) electrons. The lowest BCUT2D eigenvalue weighted by molar-refractivity contribution is -0.206. The van der Waals surface area contributed by atoms with Crippen molar-refractivity contribution in [1.29, 1.82) is 0 Å². The van der Waals surface area contributed by atoms with Crippen LogP contribution in [-0.2, 0) is 9.47 Å². The van der Waals surface area contributed by atoms with E-state index in [1.807, 2.05) is 18.2 Å². The van der Waals surface area contributed by atoms with Gasteiger partial charge in [-0.3, -0.25) is 4.98 Å². The molecule has 1 aliphatic heterocycles. The van der Waals surface area contributed by atoms with Crippen LogP contribution in [0.3, 0.4) is 0 Å². The van der Waals surface area contributed by atoms with Crippen LogP contribution in [0.25, 0.3) is 11.3 Å². The maximum Gasteiger partial charge on any atom is 0.185 e. The standard InChI is InChI=1S/C33H50FNO3/c1-3-5-7-9-11-12-14-16-22-36-32-21-19-28(23-30(32)34)31-20-18-29(24-35-31)33-37-25-27(26-38-33)17-15-13-10-8-6-4-2/h18-21,23-24,27,33H,3-17,22,25-26H2,1-2H3/t27-,33-. The van der Waals surface area contributed by atoms with E-state index in [-0.39, 0.29) is 12.1 Å². The van der Waals surface area contributed by atoms with Gasteiger partial charge in [-0.2, -0.15) is 0 Å². The van der Waals surface area contributed by atoms with Crippen LogP contribution in [0.15, 0.2) is 36.5 Å². The van der Waals surface area contributed by atoms with Crippen LogP contribution in [0.2, 0.25) is 0 Å². The van der Waals surface area contributed by atoms with Crippen LogP contribution in [0.5, 0.6) is 5.75 Å². The van der Waals surface area contributed by atoms with Crippen LogP contribution in [0, 0.1) is 11.7 Å². The second-order valence-electron chi connectivity index (χ2n) is 10.9. The summed E-state index contributed by atoms with van der Waals surface area (Å²) in [5.74, 6) is 0.444. The summed E-state index contributed by atoms with van der Waals surface area (Å²) < 4.78 is 32.4. The fourth-order valence-electron chi connectivity index (χ4n) is 5.03. The number of rotatable bonds is 19.